The first-order valence-electron chi connectivity index (χ1n) is 9.12. The van der Waals surface area contributed by atoms with Gasteiger partial charge in [-0.1, -0.05) is 6.07 Å². The number of aliphatic carboxylic acids is 1. The number of benzene rings is 2. The van der Waals surface area contributed by atoms with Crippen LogP contribution in [0, 0.1) is 17.2 Å². The Morgan fingerprint density at radius 2 is 1.75 bits per heavy atom. The second-order valence-corrected chi connectivity index (χ2v) is 6.75. The van der Waals surface area contributed by atoms with Gasteiger partial charge in [0.25, 0.3) is 0 Å². The molecule has 3 rings (SSSR count). The molecule has 1 fully saturated rings. The number of nitrogens with one attached hydrogen (secondary N) is 2. The summed E-state index contributed by atoms with van der Waals surface area (Å²) in [5.74, 6) is 0.0828. The van der Waals surface area contributed by atoms with E-state index in [9.17, 15) is 9.59 Å². The molecular formula is C21H21N3O4. The van der Waals surface area contributed by atoms with Crippen molar-refractivity contribution in [2.24, 2.45) is 5.92 Å². The molecule has 0 spiro atoms. The average Bonchev–Trinajstić information content (AvgIpc) is 2.69. The monoisotopic (exact) mass is 379 g/mol. The van der Waals surface area contributed by atoms with Crippen LogP contribution in [0.4, 0.5) is 10.5 Å². The number of nitrogens with zero attached hydrogens (tertiary/aromatic N) is 1. The van der Waals surface area contributed by atoms with E-state index in [4.69, 9.17) is 15.1 Å². The van der Waals surface area contributed by atoms with Crippen molar-refractivity contribution in [3.05, 3.63) is 54.1 Å². The largest absolute Gasteiger partial charge is 0.481 e. The Hall–Kier alpha value is -3.53. The summed E-state index contributed by atoms with van der Waals surface area (Å²) in [7, 11) is 0. The van der Waals surface area contributed by atoms with E-state index in [1.54, 1.807) is 48.5 Å². The summed E-state index contributed by atoms with van der Waals surface area (Å²) in [5.41, 5.74) is 1.14. The van der Waals surface area contributed by atoms with Crippen LogP contribution in [-0.2, 0) is 4.79 Å². The molecule has 144 valence electrons. The van der Waals surface area contributed by atoms with Gasteiger partial charge in [-0.15, -0.1) is 0 Å². The lowest BCUT2D eigenvalue weighted by atomic mass is 9.86. The smallest absolute Gasteiger partial charge is 0.319 e. The first kappa shape index (κ1) is 19.2. The Labute approximate surface area is 162 Å². The summed E-state index contributed by atoms with van der Waals surface area (Å²) in [6, 6.07) is 15.5. The number of carbonyl (C=O) groups excluding carboxylic acids is 1. The quantitative estimate of drug-likeness (QED) is 0.724. The maximum absolute atomic E-state index is 12.2. The summed E-state index contributed by atoms with van der Waals surface area (Å²) < 4.78 is 5.75. The zero-order chi connectivity index (χ0) is 19.9. The number of carboxylic acids is 1. The Morgan fingerprint density at radius 1 is 1.04 bits per heavy atom. The summed E-state index contributed by atoms with van der Waals surface area (Å²) in [6.07, 6.45) is 2.47. The molecule has 28 heavy (non-hydrogen) atoms. The highest BCUT2D eigenvalue weighted by atomic mass is 16.5. The van der Waals surface area contributed by atoms with Crippen molar-refractivity contribution >= 4 is 17.7 Å². The molecule has 2 amide bonds. The first-order valence-corrected chi connectivity index (χ1v) is 9.12. The van der Waals surface area contributed by atoms with Gasteiger partial charge in [-0.2, -0.15) is 5.26 Å². The second-order valence-electron chi connectivity index (χ2n) is 6.75. The molecule has 7 nitrogen and oxygen atoms in total. The molecule has 0 bridgehead atoms. The Morgan fingerprint density at radius 3 is 2.39 bits per heavy atom. The number of hydrogen-bond acceptors (Lipinski definition) is 4. The van der Waals surface area contributed by atoms with Gasteiger partial charge in [0.05, 0.1) is 17.6 Å². The topological polar surface area (TPSA) is 111 Å². The van der Waals surface area contributed by atoms with Crippen LogP contribution >= 0.6 is 0 Å². The number of nitriles is 1. The van der Waals surface area contributed by atoms with Crippen LogP contribution in [0.2, 0.25) is 0 Å². The van der Waals surface area contributed by atoms with Crippen LogP contribution in [0.5, 0.6) is 11.5 Å². The molecule has 7 heteroatoms. The second kappa shape index (κ2) is 8.91. The molecule has 2 aromatic rings. The number of carbonyl (C=O) groups is 2. The van der Waals surface area contributed by atoms with E-state index in [0.29, 0.717) is 48.4 Å². The molecule has 0 aliphatic heterocycles. The first-order chi connectivity index (χ1) is 13.5. The van der Waals surface area contributed by atoms with Crippen molar-refractivity contribution in [2.45, 2.75) is 31.7 Å². The third-order valence-electron chi connectivity index (χ3n) is 4.72. The number of carboxylic acid groups (broad SMARTS) is 1. The van der Waals surface area contributed by atoms with Gasteiger partial charge in [0.2, 0.25) is 0 Å². The molecule has 2 aromatic carbocycles. The van der Waals surface area contributed by atoms with Crippen LogP contribution < -0.4 is 15.4 Å². The van der Waals surface area contributed by atoms with Crippen molar-refractivity contribution in [3.63, 3.8) is 0 Å². The molecule has 0 unspecified atom stereocenters. The molecule has 0 heterocycles. The summed E-state index contributed by atoms with van der Waals surface area (Å²) >= 11 is 0. The maximum atomic E-state index is 12.2. The van der Waals surface area contributed by atoms with Gasteiger partial charge < -0.3 is 20.5 Å². The number of urea groups is 1. The Bertz CT molecular complexity index is 881. The third-order valence-corrected chi connectivity index (χ3v) is 4.72. The minimum atomic E-state index is -0.762. The van der Waals surface area contributed by atoms with Crippen molar-refractivity contribution < 1.29 is 19.4 Å². The lowest BCUT2D eigenvalue weighted by Gasteiger charge is -2.26. The number of rotatable bonds is 5. The zero-order valence-electron chi connectivity index (χ0n) is 15.2. The lowest BCUT2D eigenvalue weighted by molar-refractivity contribution is -0.142. The maximum Gasteiger partial charge on any atom is 0.319 e. The fraction of sp³-hybridized carbons (Fsp3) is 0.286. The van der Waals surface area contributed by atoms with Gasteiger partial charge in [0.15, 0.2) is 0 Å². The van der Waals surface area contributed by atoms with Crippen molar-refractivity contribution in [2.75, 3.05) is 5.32 Å². The summed E-state index contributed by atoms with van der Waals surface area (Å²) in [5, 5.41) is 23.5. The third kappa shape index (κ3) is 5.24. The molecule has 0 atom stereocenters. The molecule has 0 radical (unpaired) electrons. The minimum absolute atomic E-state index is 0.0197. The molecule has 1 aliphatic rings. The fourth-order valence-corrected chi connectivity index (χ4v) is 3.21. The SMILES string of the molecule is N#Cc1ccc(Oc2cccc(NC(=O)NC3CCC(C(=O)O)CC3)c2)cc1. The molecule has 1 saturated carbocycles. The Balaban J connectivity index is 1.53. The average molecular weight is 379 g/mol. The number of anilines is 1. The molecule has 3 N–H and O–H groups in total. The van der Waals surface area contributed by atoms with Gasteiger partial charge in [-0.3, -0.25) is 4.79 Å². The van der Waals surface area contributed by atoms with Gasteiger partial charge in [-0.25, -0.2) is 4.79 Å². The normalized spacial score (nSPS) is 18.5. The van der Waals surface area contributed by atoms with Gasteiger partial charge >= 0.3 is 12.0 Å². The highest BCUT2D eigenvalue weighted by Crippen LogP contribution is 2.26. The van der Waals surface area contributed by atoms with E-state index in [1.807, 2.05) is 0 Å². The van der Waals surface area contributed by atoms with Gasteiger partial charge in [-0.05, 0) is 62.1 Å². The standard InChI is InChI=1S/C21H21N3O4/c22-13-14-4-10-18(11-5-14)28-19-3-1-2-17(12-19)24-21(27)23-16-8-6-15(7-9-16)20(25)26/h1-5,10-12,15-16H,6-9H2,(H,25,26)(H2,23,24,27). The number of hydrogen-bond donors (Lipinski definition) is 3. The van der Waals surface area contributed by atoms with Gasteiger partial charge in [0.1, 0.15) is 11.5 Å². The van der Waals surface area contributed by atoms with Gasteiger partial charge in [0, 0.05) is 17.8 Å². The molecule has 1 aliphatic carbocycles. The van der Waals surface area contributed by atoms with Crippen LogP contribution in [0.25, 0.3) is 0 Å². The summed E-state index contributed by atoms with van der Waals surface area (Å²) in [4.78, 5) is 23.2. The lowest BCUT2D eigenvalue weighted by Crippen LogP contribution is -2.40. The van der Waals surface area contributed by atoms with Crippen molar-refractivity contribution in [1.82, 2.24) is 5.32 Å². The van der Waals surface area contributed by atoms with Crippen molar-refractivity contribution in [1.29, 1.82) is 5.26 Å². The Kier molecular flexibility index (Phi) is 6.12. The predicted octanol–water partition coefficient (Wildman–Crippen LogP) is 4.12. The van der Waals surface area contributed by atoms with Crippen LogP contribution in [0.3, 0.4) is 0 Å². The van der Waals surface area contributed by atoms with Crippen LogP contribution in [-0.4, -0.2) is 23.1 Å². The highest BCUT2D eigenvalue weighted by Gasteiger charge is 2.26. The number of amides is 2. The molecule has 0 saturated heterocycles. The van der Waals surface area contributed by atoms with E-state index in [0.717, 1.165) is 0 Å². The zero-order valence-corrected chi connectivity index (χ0v) is 15.2. The van der Waals surface area contributed by atoms with E-state index in [-0.39, 0.29) is 18.0 Å². The van der Waals surface area contributed by atoms with Crippen molar-refractivity contribution in [3.8, 4) is 17.6 Å². The summed E-state index contributed by atoms with van der Waals surface area (Å²) in [6.45, 7) is 0. The number of ether oxygens (including phenoxy) is 1. The molecular weight excluding hydrogens is 358 g/mol. The van der Waals surface area contributed by atoms with E-state index >= 15 is 0 Å². The van der Waals surface area contributed by atoms with E-state index < -0.39 is 5.97 Å². The minimum Gasteiger partial charge on any atom is -0.481 e. The predicted molar refractivity (Wildman–Crippen MR) is 103 cm³/mol. The molecule has 0 aromatic heterocycles. The van der Waals surface area contributed by atoms with Crippen LogP contribution in [0.15, 0.2) is 48.5 Å². The van der Waals surface area contributed by atoms with E-state index in [2.05, 4.69) is 16.7 Å². The van der Waals surface area contributed by atoms with E-state index in [1.165, 1.54) is 0 Å². The fourth-order valence-electron chi connectivity index (χ4n) is 3.21. The highest BCUT2D eigenvalue weighted by molar-refractivity contribution is 5.89. The van der Waals surface area contributed by atoms with Crippen LogP contribution in [0.1, 0.15) is 31.2 Å².